The van der Waals surface area contributed by atoms with Gasteiger partial charge in [0.25, 0.3) is 29.1 Å². The molecule has 0 radical (unpaired) electrons. The van der Waals surface area contributed by atoms with Gasteiger partial charge < -0.3 is 0 Å². The zero-order chi connectivity index (χ0) is 23.7. The van der Waals surface area contributed by atoms with Crippen LogP contribution in [0.2, 0.25) is 0 Å². The summed E-state index contributed by atoms with van der Waals surface area (Å²) in [5, 5.41) is 24.2. The second kappa shape index (κ2) is 8.77. The van der Waals surface area contributed by atoms with Gasteiger partial charge >= 0.3 is 0 Å². The molecule has 2 fully saturated rings. The van der Waals surface area contributed by atoms with E-state index >= 15 is 0 Å². The van der Waals surface area contributed by atoms with Crippen LogP contribution in [0.15, 0.2) is 48.5 Å². The molecule has 0 aromatic heterocycles. The normalized spacial score (nSPS) is 19.8. The van der Waals surface area contributed by atoms with Crippen LogP contribution < -0.4 is 0 Å². The Hall–Kier alpha value is -4.15. The average molecular weight is 452 g/mol. The SMILES string of the molecule is O=C(c1ccc([N+](=O)[O-])cc1)N(Cc1ccccc1[N+](=O)[O-])N1C(=O)[C@H]2CCCC[C@H]2C1=O. The summed E-state index contributed by atoms with van der Waals surface area (Å²) < 4.78 is 0. The monoisotopic (exact) mass is 452 g/mol. The van der Waals surface area contributed by atoms with E-state index in [-0.39, 0.29) is 29.0 Å². The number of para-hydroxylation sites is 1. The molecule has 1 heterocycles. The second-order valence-corrected chi connectivity index (χ2v) is 8.04. The maximum Gasteiger partial charge on any atom is 0.274 e. The number of nitro groups is 2. The van der Waals surface area contributed by atoms with Crippen LogP contribution >= 0.6 is 0 Å². The Morgan fingerprint density at radius 2 is 1.48 bits per heavy atom. The van der Waals surface area contributed by atoms with Crippen molar-refractivity contribution in [1.29, 1.82) is 0 Å². The van der Waals surface area contributed by atoms with Gasteiger partial charge in [0.1, 0.15) is 0 Å². The third-order valence-corrected chi connectivity index (χ3v) is 6.13. The van der Waals surface area contributed by atoms with Crippen LogP contribution in [0.25, 0.3) is 0 Å². The summed E-state index contributed by atoms with van der Waals surface area (Å²) in [4.78, 5) is 61.0. The van der Waals surface area contributed by atoms with Crippen molar-refractivity contribution < 1.29 is 24.2 Å². The number of hydrogen-bond acceptors (Lipinski definition) is 7. The van der Waals surface area contributed by atoms with Crippen LogP contribution in [0.3, 0.4) is 0 Å². The maximum atomic E-state index is 13.4. The highest BCUT2D eigenvalue weighted by molar-refractivity contribution is 6.07. The summed E-state index contributed by atoms with van der Waals surface area (Å²) in [5.74, 6) is -2.81. The van der Waals surface area contributed by atoms with E-state index in [0.29, 0.717) is 12.8 Å². The summed E-state index contributed by atoms with van der Waals surface area (Å²) in [6.45, 7) is -0.385. The van der Waals surface area contributed by atoms with Crippen LogP contribution in [0, 0.1) is 32.1 Å². The van der Waals surface area contributed by atoms with Gasteiger partial charge in [0.05, 0.1) is 33.8 Å². The summed E-state index contributed by atoms with van der Waals surface area (Å²) in [6, 6.07) is 10.5. The van der Waals surface area contributed by atoms with E-state index in [1.807, 2.05) is 0 Å². The zero-order valence-corrected chi connectivity index (χ0v) is 17.5. The van der Waals surface area contributed by atoms with E-state index in [1.165, 1.54) is 30.3 Å². The van der Waals surface area contributed by atoms with Crippen molar-refractivity contribution in [2.24, 2.45) is 11.8 Å². The number of hydrazine groups is 1. The third-order valence-electron chi connectivity index (χ3n) is 6.13. The average Bonchev–Trinajstić information content (AvgIpc) is 3.07. The molecule has 170 valence electrons. The Balaban J connectivity index is 1.75. The first-order valence-electron chi connectivity index (χ1n) is 10.5. The minimum absolute atomic E-state index is 0.00894. The lowest BCUT2D eigenvalue weighted by Crippen LogP contribution is -2.49. The summed E-state index contributed by atoms with van der Waals surface area (Å²) in [7, 11) is 0. The van der Waals surface area contributed by atoms with Crippen molar-refractivity contribution in [3.8, 4) is 0 Å². The molecule has 0 spiro atoms. The standard InChI is InChI=1S/C22H20N4O7/c27-20(14-9-11-16(12-10-14)25(30)31)23(13-15-5-1-4-8-19(15)26(32)33)24-21(28)17-6-2-3-7-18(17)22(24)29/h1,4-5,8-12,17-18H,2-3,6-7,13H2/t17-,18+. The molecule has 2 atom stereocenters. The van der Waals surface area contributed by atoms with Gasteiger partial charge in [0.15, 0.2) is 0 Å². The molecule has 2 aromatic carbocycles. The number of hydrogen-bond donors (Lipinski definition) is 0. The quantitative estimate of drug-likeness (QED) is 0.372. The third kappa shape index (κ3) is 4.04. The highest BCUT2D eigenvalue weighted by Gasteiger charge is 2.51. The lowest BCUT2D eigenvalue weighted by molar-refractivity contribution is -0.385. The molecule has 2 aromatic rings. The summed E-state index contributed by atoms with van der Waals surface area (Å²) in [5.41, 5.74) is -0.324. The Bertz CT molecular complexity index is 1120. The molecule has 1 aliphatic carbocycles. The number of carbonyl (C=O) groups is 3. The molecule has 0 unspecified atom stereocenters. The number of imide groups is 1. The van der Waals surface area contributed by atoms with Gasteiger partial charge in [-0.25, -0.2) is 5.01 Å². The van der Waals surface area contributed by atoms with Crippen molar-refractivity contribution >= 4 is 29.1 Å². The van der Waals surface area contributed by atoms with Crippen molar-refractivity contribution in [2.45, 2.75) is 32.2 Å². The number of nitrogens with zero attached hydrogens (tertiary/aromatic N) is 4. The first-order valence-corrected chi connectivity index (χ1v) is 10.5. The van der Waals surface area contributed by atoms with Crippen LogP contribution in [-0.4, -0.2) is 37.6 Å². The number of carbonyl (C=O) groups excluding carboxylic acids is 3. The van der Waals surface area contributed by atoms with Crippen molar-refractivity contribution in [1.82, 2.24) is 10.0 Å². The van der Waals surface area contributed by atoms with Gasteiger partial charge in [-0.2, -0.15) is 5.01 Å². The molecule has 0 bridgehead atoms. The van der Waals surface area contributed by atoms with Gasteiger partial charge in [0, 0.05) is 23.8 Å². The highest BCUT2D eigenvalue weighted by Crippen LogP contribution is 2.39. The summed E-state index contributed by atoms with van der Waals surface area (Å²) >= 11 is 0. The molecule has 4 rings (SSSR count). The van der Waals surface area contributed by atoms with E-state index < -0.39 is 39.4 Å². The first kappa shape index (κ1) is 22.1. The van der Waals surface area contributed by atoms with E-state index in [4.69, 9.17) is 0 Å². The number of rotatable bonds is 6. The predicted molar refractivity (Wildman–Crippen MR) is 113 cm³/mol. The van der Waals surface area contributed by atoms with Crippen molar-refractivity contribution in [2.75, 3.05) is 0 Å². The number of fused-ring (bicyclic) bond motifs is 1. The lowest BCUT2D eigenvalue weighted by atomic mass is 9.81. The molecule has 1 saturated carbocycles. The fourth-order valence-corrected chi connectivity index (χ4v) is 4.47. The Kier molecular flexibility index (Phi) is 5.86. The lowest BCUT2D eigenvalue weighted by Gasteiger charge is -2.30. The van der Waals surface area contributed by atoms with E-state index in [0.717, 1.165) is 35.0 Å². The number of non-ortho nitro benzene ring substituents is 1. The molecule has 1 saturated heterocycles. The van der Waals surface area contributed by atoms with E-state index in [9.17, 15) is 34.6 Å². The molecular weight excluding hydrogens is 432 g/mol. The Labute approximate surface area is 187 Å². The summed E-state index contributed by atoms with van der Waals surface area (Å²) in [6.07, 6.45) is 2.68. The first-order chi connectivity index (χ1) is 15.8. The van der Waals surface area contributed by atoms with Gasteiger partial charge in [0.2, 0.25) is 0 Å². The molecule has 2 aliphatic rings. The topological polar surface area (TPSA) is 144 Å². The van der Waals surface area contributed by atoms with Crippen LogP contribution in [-0.2, 0) is 16.1 Å². The molecule has 11 nitrogen and oxygen atoms in total. The van der Waals surface area contributed by atoms with Crippen LogP contribution in [0.1, 0.15) is 41.6 Å². The molecule has 1 aliphatic heterocycles. The van der Waals surface area contributed by atoms with Crippen LogP contribution in [0.4, 0.5) is 11.4 Å². The minimum atomic E-state index is -0.761. The largest absolute Gasteiger partial charge is 0.274 e. The number of amides is 3. The molecule has 33 heavy (non-hydrogen) atoms. The van der Waals surface area contributed by atoms with Gasteiger partial charge in [-0.15, -0.1) is 0 Å². The van der Waals surface area contributed by atoms with Gasteiger partial charge in [-0.1, -0.05) is 31.0 Å². The highest BCUT2D eigenvalue weighted by atomic mass is 16.6. The molecule has 0 N–H and O–H groups in total. The fraction of sp³-hybridized carbons (Fsp3) is 0.318. The number of nitro benzene ring substituents is 2. The van der Waals surface area contributed by atoms with Crippen molar-refractivity contribution in [3.63, 3.8) is 0 Å². The zero-order valence-electron chi connectivity index (χ0n) is 17.5. The van der Waals surface area contributed by atoms with E-state index in [1.54, 1.807) is 6.07 Å². The fourth-order valence-electron chi connectivity index (χ4n) is 4.47. The number of benzene rings is 2. The van der Waals surface area contributed by atoms with Gasteiger partial charge in [-0.05, 0) is 25.0 Å². The Morgan fingerprint density at radius 1 is 0.909 bits per heavy atom. The van der Waals surface area contributed by atoms with Gasteiger partial charge in [-0.3, -0.25) is 34.6 Å². The maximum absolute atomic E-state index is 13.4. The molecule has 3 amide bonds. The smallest absolute Gasteiger partial charge is 0.272 e. The predicted octanol–water partition coefficient (Wildman–Crippen LogP) is 3.24. The second-order valence-electron chi connectivity index (χ2n) is 8.04. The van der Waals surface area contributed by atoms with Crippen LogP contribution in [0.5, 0.6) is 0 Å². The molecular formula is C22H20N4O7. The Morgan fingerprint density at radius 3 is 2.03 bits per heavy atom. The van der Waals surface area contributed by atoms with E-state index in [2.05, 4.69) is 0 Å². The minimum Gasteiger partial charge on any atom is -0.272 e. The molecule has 11 heteroatoms. The van der Waals surface area contributed by atoms with Crippen molar-refractivity contribution in [3.05, 3.63) is 79.9 Å².